The predicted molar refractivity (Wildman–Crippen MR) is 136 cm³/mol. The summed E-state index contributed by atoms with van der Waals surface area (Å²) in [4.78, 5) is 28.1. The zero-order valence-corrected chi connectivity index (χ0v) is 21.1. The topological polar surface area (TPSA) is 85.7 Å². The standard InChI is InChI=1S/C27H37NO5S/c1-32-23(29)18-20-34-26(25(30)27(31)33-2)24-22(17-12-19-28-24)16-11-6-4-3-5-8-13-21-14-9-7-10-15-21/h7,9-10,12,14-15,17,19,25-26,30H,3-6,8,11,13,16,18,20H2,1-2H3. The van der Waals surface area contributed by atoms with Gasteiger partial charge in [-0.1, -0.05) is 62.1 Å². The fraction of sp³-hybridized carbons (Fsp3) is 0.519. The highest BCUT2D eigenvalue weighted by Crippen LogP contribution is 2.34. The molecule has 0 radical (unpaired) electrons. The number of ether oxygens (including phenoxy) is 2. The SMILES string of the molecule is COC(=O)CCSC(c1ncccc1CCCCCCCCc1ccccc1)C(O)C(=O)OC. The first-order valence-corrected chi connectivity index (χ1v) is 13.0. The van der Waals surface area contributed by atoms with Gasteiger partial charge in [0.15, 0.2) is 6.10 Å². The van der Waals surface area contributed by atoms with Crippen LogP contribution in [0.15, 0.2) is 48.7 Å². The summed E-state index contributed by atoms with van der Waals surface area (Å²) in [6, 6.07) is 14.5. The second-order valence-electron chi connectivity index (χ2n) is 8.24. The Morgan fingerprint density at radius 1 is 0.912 bits per heavy atom. The van der Waals surface area contributed by atoms with Crippen LogP contribution in [0.3, 0.4) is 0 Å². The Kier molecular flexibility index (Phi) is 13.3. The molecule has 0 spiro atoms. The van der Waals surface area contributed by atoms with Gasteiger partial charge in [-0.3, -0.25) is 9.78 Å². The third-order valence-corrected chi connectivity index (χ3v) is 7.04. The van der Waals surface area contributed by atoms with Crippen LogP contribution in [0.5, 0.6) is 0 Å². The molecule has 0 bridgehead atoms. The minimum absolute atomic E-state index is 0.192. The highest BCUT2D eigenvalue weighted by atomic mass is 32.2. The van der Waals surface area contributed by atoms with Gasteiger partial charge in [0.05, 0.1) is 31.6 Å². The Morgan fingerprint density at radius 2 is 1.59 bits per heavy atom. The van der Waals surface area contributed by atoms with E-state index in [1.807, 2.05) is 12.1 Å². The maximum atomic E-state index is 12.1. The van der Waals surface area contributed by atoms with E-state index in [4.69, 9.17) is 9.47 Å². The number of pyridine rings is 1. The molecule has 6 nitrogen and oxygen atoms in total. The van der Waals surface area contributed by atoms with E-state index < -0.39 is 17.3 Å². The van der Waals surface area contributed by atoms with Crippen molar-refractivity contribution in [1.29, 1.82) is 0 Å². The second kappa shape index (κ2) is 16.3. The average molecular weight is 488 g/mol. The molecule has 2 aromatic rings. The number of nitrogens with zero attached hydrogens (tertiary/aromatic N) is 1. The van der Waals surface area contributed by atoms with Gasteiger partial charge in [-0.2, -0.15) is 0 Å². The Hall–Kier alpha value is -2.38. The van der Waals surface area contributed by atoms with E-state index in [1.165, 1.54) is 57.2 Å². The van der Waals surface area contributed by atoms with Gasteiger partial charge in [-0.05, 0) is 42.9 Å². The lowest BCUT2D eigenvalue weighted by atomic mass is 10.00. The minimum Gasteiger partial charge on any atom is -0.469 e. The van der Waals surface area contributed by atoms with Crippen molar-refractivity contribution in [2.45, 2.75) is 69.1 Å². The molecule has 0 amide bonds. The highest BCUT2D eigenvalue weighted by molar-refractivity contribution is 7.99. The lowest BCUT2D eigenvalue weighted by Crippen LogP contribution is -2.29. The minimum atomic E-state index is -1.36. The van der Waals surface area contributed by atoms with Gasteiger partial charge in [-0.15, -0.1) is 11.8 Å². The molecule has 2 unspecified atom stereocenters. The average Bonchev–Trinajstić information content (AvgIpc) is 2.88. The summed E-state index contributed by atoms with van der Waals surface area (Å²) in [5, 5.41) is 10.00. The van der Waals surface area contributed by atoms with Crippen molar-refractivity contribution in [2.24, 2.45) is 0 Å². The van der Waals surface area contributed by atoms with Crippen LogP contribution in [-0.2, 0) is 31.9 Å². The number of hydrogen-bond acceptors (Lipinski definition) is 7. The van der Waals surface area contributed by atoms with E-state index in [0.29, 0.717) is 11.4 Å². The lowest BCUT2D eigenvalue weighted by molar-refractivity contribution is -0.150. The van der Waals surface area contributed by atoms with E-state index in [0.717, 1.165) is 31.2 Å². The summed E-state index contributed by atoms with van der Waals surface area (Å²) >= 11 is 1.32. The van der Waals surface area contributed by atoms with Crippen LogP contribution in [0.2, 0.25) is 0 Å². The molecule has 1 aromatic heterocycles. The third kappa shape index (κ3) is 9.85. The molecular weight excluding hydrogens is 450 g/mol. The summed E-state index contributed by atoms with van der Waals surface area (Å²) in [7, 11) is 2.59. The zero-order valence-electron chi connectivity index (χ0n) is 20.3. The van der Waals surface area contributed by atoms with Crippen molar-refractivity contribution >= 4 is 23.7 Å². The van der Waals surface area contributed by atoms with Gasteiger partial charge >= 0.3 is 11.9 Å². The highest BCUT2D eigenvalue weighted by Gasteiger charge is 2.31. The van der Waals surface area contributed by atoms with Crippen LogP contribution in [-0.4, -0.2) is 48.1 Å². The van der Waals surface area contributed by atoms with Gasteiger partial charge in [-0.25, -0.2) is 4.79 Å². The monoisotopic (exact) mass is 487 g/mol. The smallest absolute Gasteiger partial charge is 0.336 e. The van der Waals surface area contributed by atoms with Gasteiger partial charge in [0.2, 0.25) is 0 Å². The van der Waals surface area contributed by atoms with Gasteiger partial charge in [0.25, 0.3) is 0 Å². The first-order valence-electron chi connectivity index (χ1n) is 12.0. The van der Waals surface area contributed by atoms with E-state index in [2.05, 4.69) is 35.3 Å². The van der Waals surface area contributed by atoms with Crippen molar-refractivity contribution in [2.75, 3.05) is 20.0 Å². The summed E-state index contributed by atoms with van der Waals surface area (Å²) in [6.45, 7) is 0. The number of carbonyl (C=O) groups excluding carboxylic acids is 2. The van der Waals surface area contributed by atoms with E-state index in [1.54, 1.807) is 6.20 Å². The largest absolute Gasteiger partial charge is 0.469 e. The normalized spacial score (nSPS) is 12.7. The molecule has 0 fully saturated rings. The van der Waals surface area contributed by atoms with Crippen LogP contribution >= 0.6 is 11.8 Å². The van der Waals surface area contributed by atoms with Crippen molar-refractivity contribution in [3.63, 3.8) is 0 Å². The quantitative estimate of drug-likeness (QED) is 0.261. The molecule has 1 heterocycles. The van der Waals surface area contributed by atoms with Gasteiger partial charge in [0.1, 0.15) is 0 Å². The van der Waals surface area contributed by atoms with Crippen LogP contribution in [0.25, 0.3) is 0 Å². The van der Waals surface area contributed by atoms with Gasteiger partial charge < -0.3 is 14.6 Å². The Bertz CT molecular complexity index is 861. The van der Waals surface area contributed by atoms with Crippen LogP contribution in [0, 0.1) is 0 Å². The molecule has 34 heavy (non-hydrogen) atoms. The number of thioether (sulfide) groups is 1. The molecule has 0 aliphatic heterocycles. The molecule has 1 aromatic carbocycles. The number of aliphatic hydroxyl groups is 1. The predicted octanol–water partition coefficient (Wildman–Crippen LogP) is 5.08. The number of carbonyl (C=O) groups is 2. The number of unbranched alkanes of at least 4 members (excludes halogenated alkanes) is 5. The number of hydrogen-bond donors (Lipinski definition) is 1. The molecule has 0 saturated carbocycles. The van der Waals surface area contributed by atoms with Crippen LogP contribution < -0.4 is 0 Å². The molecular formula is C27H37NO5S. The summed E-state index contributed by atoms with van der Waals surface area (Å²) < 4.78 is 9.45. The van der Waals surface area contributed by atoms with Crippen molar-refractivity contribution < 1.29 is 24.2 Å². The molecule has 0 aliphatic carbocycles. The molecule has 7 heteroatoms. The number of aromatic nitrogens is 1. The molecule has 0 aliphatic rings. The van der Waals surface area contributed by atoms with Gasteiger partial charge in [0, 0.05) is 11.9 Å². The third-order valence-electron chi connectivity index (χ3n) is 5.76. The van der Waals surface area contributed by atoms with Crippen molar-refractivity contribution in [3.8, 4) is 0 Å². The number of esters is 2. The first-order chi connectivity index (χ1) is 16.6. The first kappa shape index (κ1) is 27.9. The van der Waals surface area contributed by atoms with E-state index in [9.17, 15) is 14.7 Å². The molecule has 1 N–H and O–H groups in total. The number of methoxy groups -OCH3 is 2. The Labute approximate surface area is 207 Å². The Balaban J connectivity index is 1.84. The lowest BCUT2D eigenvalue weighted by Gasteiger charge is -2.22. The summed E-state index contributed by atoms with van der Waals surface area (Å²) in [6.07, 6.45) is 9.47. The summed E-state index contributed by atoms with van der Waals surface area (Å²) in [5.41, 5.74) is 3.10. The Morgan fingerprint density at radius 3 is 2.26 bits per heavy atom. The van der Waals surface area contributed by atoms with Crippen LogP contribution in [0.4, 0.5) is 0 Å². The molecule has 2 rings (SSSR count). The summed E-state index contributed by atoms with van der Waals surface area (Å²) in [5.74, 6) is -0.629. The molecule has 186 valence electrons. The molecule has 0 saturated heterocycles. The van der Waals surface area contributed by atoms with Crippen molar-refractivity contribution in [3.05, 3.63) is 65.5 Å². The fourth-order valence-corrected chi connectivity index (χ4v) is 5.05. The van der Waals surface area contributed by atoms with E-state index >= 15 is 0 Å². The molecule has 2 atom stereocenters. The number of aliphatic hydroxyl groups excluding tert-OH is 1. The number of benzene rings is 1. The number of rotatable bonds is 16. The van der Waals surface area contributed by atoms with Crippen LogP contribution in [0.1, 0.15) is 67.0 Å². The van der Waals surface area contributed by atoms with E-state index in [-0.39, 0.29) is 12.4 Å². The van der Waals surface area contributed by atoms with Crippen molar-refractivity contribution in [1.82, 2.24) is 4.98 Å². The fourth-order valence-electron chi connectivity index (χ4n) is 3.85. The zero-order chi connectivity index (χ0) is 24.6. The maximum absolute atomic E-state index is 12.1. The maximum Gasteiger partial charge on any atom is 0.336 e. The second-order valence-corrected chi connectivity index (χ2v) is 9.49. The number of aryl methyl sites for hydroxylation is 2.